The van der Waals surface area contributed by atoms with E-state index in [2.05, 4.69) is 55.9 Å². The Morgan fingerprint density at radius 2 is 1.19 bits per heavy atom. The van der Waals surface area contributed by atoms with E-state index in [0.29, 0.717) is 24.1 Å². The number of benzene rings is 1. The molecule has 5 heterocycles. The van der Waals surface area contributed by atoms with Crippen molar-refractivity contribution in [2.75, 3.05) is 7.11 Å². The lowest BCUT2D eigenvalue weighted by Gasteiger charge is -2.08. The minimum absolute atomic E-state index is 0.0133. The predicted molar refractivity (Wildman–Crippen MR) is 208 cm³/mol. The number of aromatic nitrogens is 4. The Kier molecular flexibility index (Phi) is 10.7. The molecule has 274 valence electrons. The topological polar surface area (TPSA) is 153 Å². The van der Waals surface area contributed by atoms with Crippen LogP contribution in [0, 0.1) is 24.0 Å². The summed E-state index contributed by atoms with van der Waals surface area (Å²) in [7, 11) is 1.39. The van der Waals surface area contributed by atoms with Crippen molar-refractivity contribution in [2.45, 2.75) is 86.7 Å². The standard InChI is InChI=1S/C42H45N5O6/c1-8-29-23(3)33-18-34-25(5)31(14-16-41(48)52-7)39(45-34)21-40-32(15-17-42(49)53-22-27-10-12-28(13-11-27)47(50)51)26(6)36(46-40)20-38-30(9-2)24(4)35(44-38)19-37(29)43-33/h10-13,18-21,43-44H,8-9,14-17,22H2,1-7H3. The number of H-pyrrole nitrogens is 2. The third kappa shape index (κ3) is 7.55. The third-order valence-corrected chi connectivity index (χ3v) is 10.4. The largest absolute Gasteiger partial charge is 0.469 e. The average molecular weight is 716 g/mol. The van der Waals surface area contributed by atoms with Crippen molar-refractivity contribution in [2.24, 2.45) is 0 Å². The van der Waals surface area contributed by atoms with Gasteiger partial charge in [-0.3, -0.25) is 19.7 Å². The molecule has 0 fully saturated rings. The van der Waals surface area contributed by atoms with Crippen LogP contribution in [0.2, 0.25) is 0 Å². The number of aryl methyl sites for hydroxylation is 4. The highest BCUT2D eigenvalue weighted by atomic mass is 16.6. The second-order valence-corrected chi connectivity index (χ2v) is 13.5. The summed E-state index contributed by atoms with van der Waals surface area (Å²) in [6.45, 7) is 12.7. The van der Waals surface area contributed by atoms with Gasteiger partial charge in [0.25, 0.3) is 5.69 Å². The highest BCUT2D eigenvalue weighted by Gasteiger charge is 2.23. The predicted octanol–water partition coefficient (Wildman–Crippen LogP) is 9.30. The van der Waals surface area contributed by atoms with E-state index in [1.807, 2.05) is 19.9 Å². The zero-order chi connectivity index (χ0) is 38.0. The van der Waals surface area contributed by atoms with E-state index in [4.69, 9.17) is 19.4 Å². The van der Waals surface area contributed by atoms with Crippen LogP contribution in [0.25, 0.3) is 44.4 Å². The van der Waals surface area contributed by atoms with Gasteiger partial charge in [-0.15, -0.1) is 0 Å². The quantitative estimate of drug-likeness (QED) is 0.0885. The van der Waals surface area contributed by atoms with Gasteiger partial charge in [0, 0.05) is 47.0 Å². The fraction of sp³-hybridized carbons (Fsp3) is 0.333. The molecule has 6 rings (SSSR count). The maximum Gasteiger partial charge on any atom is 0.306 e. The molecule has 0 aliphatic carbocycles. The number of nitro benzene ring substituents is 1. The van der Waals surface area contributed by atoms with Crippen molar-refractivity contribution in [1.29, 1.82) is 0 Å². The molecule has 11 heteroatoms. The average Bonchev–Trinajstić information content (AvgIpc) is 3.81. The number of methoxy groups -OCH3 is 1. The van der Waals surface area contributed by atoms with E-state index >= 15 is 0 Å². The van der Waals surface area contributed by atoms with Crippen LogP contribution in [0.5, 0.6) is 0 Å². The van der Waals surface area contributed by atoms with Crippen LogP contribution in [0.3, 0.4) is 0 Å². The number of allylic oxidation sites excluding steroid dienone is 4. The molecule has 2 aliphatic rings. The van der Waals surface area contributed by atoms with Crippen LogP contribution < -0.4 is 0 Å². The molecule has 0 amide bonds. The maximum atomic E-state index is 13.0. The van der Waals surface area contributed by atoms with E-state index < -0.39 is 10.9 Å². The number of non-ortho nitro benzene ring substituents is 1. The van der Waals surface area contributed by atoms with Crippen molar-refractivity contribution in [3.05, 3.63) is 109 Å². The van der Waals surface area contributed by atoms with Gasteiger partial charge in [-0.05, 0) is 140 Å². The van der Waals surface area contributed by atoms with Gasteiger partial charge in [0.15, 0.2) is 0 Å². The van der Waals surface area contributed by atoms with Crippen LogP contribution in [-0.2, 0) is 38.5 Å². The first-order valence-electron chi connectivity index (χ1n) is 18.0. The first-order valence-corrected chi connectivity index (χ1v) is 18.0. The number of hydrogen-bond donors (Lipinski definition) is 2. The summed E-state index contributed by atoms with van der Waals surface area (Å²) in [5.74, 6) is -0.690. The Bertz CT molecular complexity index is 2360. The van der Waals surface area contributed by atoms with Gasteiger partial charge in [-0.25, -0.2) is 9.97 Å². The number of carbonyl (C=O) groups excluding carboxylic acids is 2. The highest BCUT2D eigenvalue weighted by Crippen LogP contribution is 2.38. The molecule has 53 heavy (non-hydrogen) atoms. The van der Waals surface area contributed by atoms with E-state index in [0.717, 1.165) is 74.3 Å². The van der Waals surface area contributed by atoms with Crippen molar-refractivity contribution in [1.82, 2.24) is 19.9 Å². The van der Waals surface area contributed by atoms with Gasteiger partial charge < -0.3 is 19.4 Å². The molecular formula is C42H45N5O6. The number of hydrogen-bond acceptors (Lipinski definition) is 8. The number of rotatable bonds is 11. The van der Waals surface area contributed by atoms with E-state index in [9.17, 15) is 19.7 Å². The van der Waals surface area contributed by atoms with Gasteiger partial charge in [-0.1, -0.05) is 13.8 Å². The lowest BCUT2D eigenvalue weighted by Crippen LogP contribution is -2.05. The molecule has 2 aliphatic heterocycles. The molecule has 11 nitrogen and oxygen atoms in total. The number of nitrogens with zero attached hydrogens (tertiary/aromatic N) is 3. The lowest BCUT2D eigenvalue weighted by atomic mass is 9.98. The Morgan fingerprint density at radius 3 is 1.70 bits per heavy atom. The van der Waals surface area contributed by atoms with Crippen LogP contribution in [0.15, 0.2) is 48.5 Å². The monoisotopic (exact) mass is 715 g/mol. The van der Waals surface area contributed by atoms with Gasteiger partial charge in [0.05, 0.1) is 34.8 Å². The number of esters is 2. The maximum absolute atomic E-state index is 13.0. The van der Waals surface area contributed by atoms with Crippen LogP contribution in [0.1, 0.15) is 104 Å². The Labute approximate surface area is 308 Å². The van der Waals surface area contributed by atoms with Gasteiger partial charge in [0.1, 0.15) is 6.61 Å². The second-order valence-electron chi connectivity index (χ2n) is 13.5. The number of nitro groups is 1. The molecule has 0 unspecified atom stereocenters. The molecule has 0 radical (unpaired) electrons. The molecular weight excluding hydrogens is 670 g/mol. The molecule has 0 spiro atoms. The minimum Gasteiger partial charge on any atom is -0.469 e. The summed E-state index contributed by atoms with van der Waals surface area (Å²) in [4.78, 5) is 53.5. The van der Waals surface area contributed by atoms with Crippen molar-refractivity contribution in [3.8, 4) is 0 Å². The summed E-state index contributed by atoms with van der Waals surface area (Å²) in [6.07, 6.45) is 2.84. The van der Waals surface area contributed by atoms with Crippen LogP contribution in [-0.4, -0.2) is 43.9 Å². The van der Waals surface area contributed by atoms with Crippen molar-refractivity contribution in [3.63, 3.8) is 0 Å². The van der Waals surface area contributed by atoms with Crippen LogP contribution in [0.4, 0.5) is 5.69 Å². The number of fused-ring (bicyclic) bond motifs is 8. The zero-order valence-corrected chi connectivity index (χ0v) is 31.4. The number of carbonyl (C=O) groups is 2. The fourth-order valence-electron chi connectivity index (χ4n) is 7.26. The van der Waals surface area contributed by atoms with Crippen molar-refractivity contribution >= 4 is 62.0 Å². The SMILES string of the molecule is CCc1c(C)c2cc3[nH]c(cc4nc(cc5nc(cc1[nH]2)C(C)=C5CCC(=O)OCc1ccc([N+](=O)[O-])cc1)C(CCC(=O)OC)=C4C)c(C)c3CC. The molecule has 8 bridgehead atoms. The molecule has 0 atom stereocenters. The molecule has 4 aromatic rings. The first kappa shape index (κ1) is 36.9. The van der Waals surface area contributed by atoms with E-state index in [-0.39, 0.29) is 31.1 Å². The van der Waals surface area contributed by atoms with E-state index in [1.165, 1.54) is 41.5 Å². The fourth-order valence-corrected chi connectivity index (χ4v) is 7.26. The smallest absolute Gasteiger partial charge is 0.306 e. The Morgan fingerprint density at radius 1 is 0.698 bits per heavy atom. The van der Waals surface area contributed by atoms with Gasteiger partial charge >= 0.3 is 11.9 Å². The van der Waals surface area contributed by atoms with Crippen molar-refractivity contribution < 1.29 is 24.0 Å². The molecule has 2 N–H and O–H groups in total. The summed E-state index contributed by atoms with van der Waals surface area (Å²) < 4.78 is 10.5. The Hall–Kier alpha value is -5.84. The summed E-state index contributed by atoms with van der Waals surface area (Å²) in [6, 6.07) is 14.3. The number of ether oxygens (including phenoxy) is 2. The van der Waals surface area contributed by atoms with E-state index in [1.54, 1.807) is 12.1 Å². The normalized spacial score (nSPS) is 12.7. The second kappa shape index (κ2) is 15.4. The highest BCUT2D eigenvalue weighted by molar-refractivity contribution is 5.96. The minimum atomic E-state index is -0.466. The molecule has 0 saturated carbocycles. The summed E-state index contributed by atoms with van der Waals surface area (Å²) in [5, 5.41) is 11.0. The summed E-state index contributed by atoms with van der Waals surface area (Å²) in [5.41, 5.74) is 16.3. The van der Waals surface area contributed by atoms with Crippen LogP contribution >= 0.6 is 0 Å². The first-order chi connectivity index (χ1) is 25.4. The number of aromatic amines is 2. The molecule has 3 aromatic heterocycles. The molecule has 0 saturated heterocycles. The number of nitrogens with one attached hydrogen (secondary N) is 2. The van der Waals surface area contributed by atoms with Gasteiger partial charge in [-0.2, -0.15) is 0 Å². The third-order valence-electron chi connectivity index (χ3n) is 10.4. The lowest BCUT2D eigenvalue weighted by molar-refractivity contribution is -0.384. The van der Waals surface area contributed by atoms with Gasteiger partial charge in [0.2, 0.25) is 0 Å². The Balaban J connectivity index is 1.48. The zero-order valence-electron chi connectivity index (χ0n) is 31.4. The molecule has 1 aromatic carbocycles. The summed E-state index contributed by atoms with van der Waals surface area (Å²) >= 11 is 0.